The molecule has 0 bridgehead atoms. The molecule has 1 aliphatic rings. The Morgan fingerprint density at radius 1 is 1.00 bits per heavy atom. The average Bonchev–Trinajstić information content (AvgIpc) is 3.56. The van der Waals surface area contributed by atoms with Crippen LogP contribution < -0.4 is 14.8 Å². The largest absolute Gasteiger partial charge is 0.493 e. The molecule has 1 saturated carbocycles. The Hall–Kier alpha value is -3.74. The minimum Gasteiger partial charge on any atom is -0.493 e. The van der Waals surface area contributed by atoms with Crippen molar-refractivity contribution in [3.05, 3.63) is 83.8 Å². The number of benzene rings is 2. The van der Waals surface area contributed by atoms with Crippen LogP contribution in [0.5, 0.6) is 11.5 Å². The highest BCUT2D eigenvalue weighted by atomic mass is 19.1. The Kier molecular flexibility index (Phi) is 5.42. The fourth-order valence-electron chi connectivity index (χ4n) is 3.94. The van der Waals surface area contributed by atoms with Gasteiger partial charge in [-0.05, 0) is 42.3 Å². The molecule has 1 amide bonds. The number of amides is 1. The number of ketones is 1. The molecule has 7 heteroatoms. The van der Waals surface area contributed by atoms with Gasteiger partial charge in [0.15, 0.2) is 17.3 Å². The van der Waals surface area contributed by atoms with Gasteiger partial charge in [-0.2, -0.15) is 4.39 Å². The Morgan fingerprint density at radius 2 is 1.74 bits per heavy atom. The van der Waals surface area contributed by atoms with E-state index in [2.05, 4.69) is 10.3 Å². The standard InChI is InChI=1S/C24H21FN2O4/c1-30-18-12-11-15(13-19(18)31-2)22(28)24(16-7-4-3-5-8-16)14-17(24)23(29)27-21-10-6-9-20(25)26-21/h3-13,17H,14H2,1-2H3,(H,26,27,29). The van der Waals surface area contributed by atoms with Gasteiger partial charge in [0, 0.05) is 5.56 Å². The average molecular weight is 420 g/mol. The molecular weight excluding hydrogens is 399 g/mol. The molecule has 0 saturated heterocycles. The van der Waals surface area contributed by atoms with Crippen molar-refractivity contribution in [1.82, 2.24) is 4.98 Å². The highest BCUT2D eigenvalue weighted by molar-refractivity contribution is 6.12. The summed E-state index contributed by atoms with van der Waals surface area (Å²) in [5.41, 5.74) is 0.154. The number of carbonyl (C=O) groups excluding carboxylic acids is 2. The molecule has 4 rings (SSSR count). The number of halogens is 1. The van der Waals surface area contributed by atoms with E-state index in [4.69, 9.17) is 9.47 Å². The summed E-state index contributed by atoms with van der Waals surface area (Å²) in [4.78, 5) is 30.3. The lowest BCUT2D eigenvalue weighted by Gasteiger charge is -2.18. The van der Waals surface area contributed by atoms with E-state index in [0.717, 1.165) is 5.56 Å². The zero-order valence-corrected chi connectivity index (χ0v) is 17.1. The van der Waals surface area contributed by atoms with Crippen LogP contribution in [0.2, 0.25) is 0 Å². The normalized spacial score (nSPS) is 19.4. The van der Waals surface area contributed by atoms with Crippen LogP contribution in [-0.2, 0) is 10.2 Å². The number of hydrogen-bond donors (Lipinski definition) is 1. The maximum absolute atomic E-state index is 13.7. The molecule has 31 heavy (non-hydrogen) atoms. The number of carbonyl (C=O) groups is 2. The van der Waals surface area contributed by atoms with Crippen LogP contribution in [0.25, 0.3) is 0 Å². The first kappa shape index (κ1) is 20.5. The van der Waals surface area contributed by atoms with Crippen molar-refractivity contribution >= 4 is 17.5 Å². The van der Waals surface area contributed by atoms with Gasteiger partial charge < -0.3 is 14.8 Å². The molecule has 158 valence electrons. The molecule has 3 aromatic rings. The molecule has 0 radical (unpaired) electrons. The van der Waals surface area contributed by atoms with Crippen molar-refractivity contribution in [2.24, 2.45) is 5.92 Å². The number of aromatic nitrogens is 1. The molecule has 1 heterocycles. The summed E-state index contributed by atoms with van der Waals surface area (Å²) in [6, 6.07) is 18.3. The third kappa shape index (κ3) is 3.74. The van der Waals surface area contributed by atoms with Gasteiger partial charge >= 0.3 is 0 Å². The summed E-state index contributed by atoms with van der Waals surface area (Å²) < 4.78 is 24.0. The lowest BCUT2D eigenvalue weighted by molar-refractivity contribution is -0.117. The molecule has 2 atom stereocenters. The lowest BCUT2D eigenvalue weighted by atomic mass is 9.85. The molecule has 0 spiro atoms. The molecule has 1 N–H and O–H groups in total. The number of ether oxygens (including phenoxy) is 2. The first-order chi connectivity index (χ1) is 15.0. The molecule has 6 nitrogen and oxygen atoms in total. The van der Waals surface area contributed by atoms with E-state index >= 15 is 0 Å². The van der Waals surface area contributed by atoms with E-state index in [1.54, 1.807) is 18.2 Å². The third-order valence-corrected chi connectivity index (χ3v) is 5.58. The van der Waals surface area contributed by atoms with Crippen LogP contribution in [0.15, 0.2) is 66.7 Å². The number of pyridine rings is 1. The van der Waals surface area contributed by atoms with Gasteiger partial charge in [-0.3, -0.25) is 9.59 Å². The van der Waals surface area contributed by atoms with Crippen molar-refractivity contribution in [3.8, 4) is 11.5 Å². The SMILES string of the molecule is COc1ccc(C(=O)C2(c3ccccc3)CC2C(=O)Nc2cccc(F)n2)cc1OC. The summed E-state index contributed by atoms with van der Waals surface area (Å²) in [6.07, 6.45) is 0.339. The van der Waals surface area contributed by atoms with Crippen LogP contribution in [-0.4, -0.2) is 30.9 Å². The van der Waals surface area contributed by atoms with Crippen molar-refractivity contribution in [3.63, 3.8) is 0 Å². The number of nitrogens with zero attached hydrogens (tertiary/aromatic N) is 1. The van der Waals surface area contributed by atoms with Gasteiger partial charge in [0.05, 0.1) is 25.6 Å². The molecule has 2 aromatic carbocycles. The van der Waals surface area contributed by atoms with E-state index in [1.165, 1.54) is 32.4 Å². The second kappa shape index (κ2) is 8.18. The van der Waals surface area contributed by atoms with Gasteiger partial charge in [-0.25, -0.2) is 4.98 Å². The third-order valence-electron chi connectivity index (χ3n) is 5.58. The quantitative estimate of drug-likeness (QED) is 0.462. The molecule has 1 aromatic heterocycles. The summed E-state index contributed by atoms with van der Waals surface area (Å²) in [6.45, 7) is 0. The number of Topliss-reactive ketones (excluding diaryl/α,β-unsaturated/α-hetero) is 1. The second-order valence-electron chi connectivity index (χ2n) is 7.33. The number of rotatable bonds is 7. The predicted octanol–water partition coefficient (Wildman–Crippen LogP) is 4.02. The van der Waals surface area contributed by atoms with E-state index in [0.29, 0.717) is 23.5 Å². The molecule has 0 aliphatic heterocycles. The molecule has 2 unspecified atom stereocenters. The fraction of sp³-hybridized carbons (Fsp3) is 0.208. The minimum absolute atomic E-state index is 0.109. The number of methoxy groups -OCH3 is 2. The van der Waals surface area contributed by atoms with Crippen molar-refractivity contribution < 1.29 is 23.5 Å². The van der Waals surface area contributed by atoms with Crippen LogP contribution >= 0.6 is 0 Å². The number of hydrogen-bond acceptors (Lipinski definition) is 5. The number of anilines is 1. The van der Waals surface area contributed by atoms with E-state index in [-0.39, 0.29) is 17.5 Å². The lowest BCUT2D eigenvalue weighted by Crippen LogP contribution is -2.28. The predicted molar refractivity (Wildman–Crippen MR) is 113 cm³/mol. The second-order valence-corrected chi connectivity index (χ2v) is 7.33. The molecular formula is C24H21FN2O4. The molecule has 1 fully saturated rings. The molecule has 1 aliphatic carbocycles. The van der Waals surface area contributed by atoms with Crippen LogP contribution in [0, 0.1) is 11.9 Å². The zero-order valence-electron chi connectivity index (χ0n) is 17.1. The summed E-state index contributed by atoms with van der Waals surface area (Å²) in [7, 11) is 3.02. The summed E-state index contributed by atoms with van der Waals surface area (Å²) >= 11 is 0. The van der Waals surface area contributed by atoms with Gasteiger partial charge in [-0.15, -0.1) is 0 Å². The summed E-state index contributed by atoms with van der Waals surface area (Å²) in [5, 5.41) is 2.63. The highest BCUT2D eigenvalue weighted by Crippen LogP contribution is 2.57. The van der Waals surface area contributed by atoms with Crippen LogP contribution in [0.4, 0.5) is 10.2 Å². The zero-order chi connectivity index (χ0) is 22.0. The maximum Gasteiger partial charge on any atom is 0.230 e. The van der Waals surface area contributed by atoms with E-state index in [9.17, 15) is 14.0 Å². The number of nitrogens with one attached hydrogen (secondary N) is 1. The van der Waals surface area contributed by atoms with Crippen molar-refractivity contribution in [1.29, 1.82) is 0 Å². The Bertz CT molecular complexity index is 1140. The van der Waals surface area contributed by atoms with Gasteiger partial charge in [0.25, 0.3) is 0 Å². The first-order valence-electron chi connectivity index (χ1n) is 9.75. The van der Waals surface area contributed by atoms with Crippen molar-refractivity contribution in [2.45, 2.75) is 11.8 Å². The Morgan fingerprint density at radius 3 is 2.42 bits per heavy atom. The van der Waals surface area contributed by atoms with Gasteiger partial charge in [0.1, 0.15) is 5.82 Å². The van der Waals surface area contributed by atoms with Crippen LogP contribution in [0.3, 0.4) is 0 Å². The van der Waals surface area contributed by atoms with E-state index < -0.39 is 17.3 Å². The smallest absolute Gasteiger partial charge is 0.230 e. The van der Waals surface area contributed by atoms with Gasteiger partial charge in [-0.1, -0.05) is 36.4 Å². The van der Waals surface area contributed by atoms with Crippen LogP contribution in [0.1, 0.15) is 22.3 Å². The maximum atomic E-state index is 13.7. The first-order valence-corrected chi connectivity index (χ1v) is 9.75. The highest BCUT2D eigenvalue weighted by Gasteiger charge is 2.64. The monoisotopic (exact) mass is 420 g/mol. The minimum atomic E-state index is -1.02. The fourth-order valence-corrected chi connectivity index (χ4v) is 3.94. The summed E-state index contributed by atoms with van der Waals surface area (Å²) in [5.74, 6) is -0.817. The van der Waals surface area contributed by atoms with E-state index in [1.807, 2.05) is 30.3 Å². The Balaban J connectivity index is 1.68. The van der Waals surface area contributed by atoms with Gasteiger partial charge in [0.2, 0.25) is 11.9 Å². The van der Waals surface area contributed by atoms with Crippen molar-refractivity contribution in [2.75, 3.05) is 19.5 Å². The Labute approximate surface area is 179 Å². The topological polar surface area (TPSA) is 77.5 Å².